The summed E-state index contributed by atoms with van der Waals surface area (Å²) < 4.78 is 7.12. The second-order valence-electron chi connectivity index (χ2n) is 6.58. The predicted octanol–water partition coefficient (Wildman–Crippen LogP) is 3.23. The SMILES string of the molecule is Cc1ccc(NC(=O)CSc2nnc(COc3cc(C)cc(C)c3)n2N)cc1. The molecule has 0 bridgehead atoms. The third kappa shape index (κ3) is 5.26. The van der Waals surface area contributed by atoms with Gasteiger partial charge in [-0.15, -0.1) is 10.2 Å². The van der Waals surface area contributed by atoms with Crippen LogP contribution in [-0.4, -0.2) is 26.5 Å². The van der Waals surface area contributed by atoms with Crippen LogP contribution in [0.5, 0.6) is 5.75 Å². The summed E-state index contributed by atoms with van der Waals surface area (Å²) in [7, 11) is 0. The van der Waals surface area contributed by atoms with E-state index in [1.807, 2.05) is 57.2 Å². The molecular weight excluding hydrogens is 374 g/mol. The summed E-state index contributed by atoms with van der Waals surface area (Å²) in [5, 5.41) is 11.4. The number of carbonyl (C=O) groups excluding carboxylic acids is 1. The van der Waals surface area contributed by atoms with Crippen molar-refractivity contribution < 1.29 is 9.53 Å². The summed E-state index contributed by atoms with van der Waals surface area (Å²) in [5.74, 6) is 7.33. The van der Waals surface area contributed by atoms with Gasteiger partial charge < -0.3 is 15.9 Å². The summed E-state index contributed by atoms with van der Waals surface area (Å²) in [5.41, 5.74) is 4.15. The third-order valence-electron chi connectivity index (χ3n) is 3.97. The highest BCUT2D eigenvalue weighted by Crippen LogP contribution is 2.19. The number of nitrogen functional groups attached to an aromatic ring is 1. The number of amides is 1. The molecule has 8 heteroatoms. The molecule has 3 rings (SSSR count). The van der Waals surface area contributed by atoms with Crippen LogP contribution in [0.1, 0.15) is 22.5 Å². The molecular formula is C20H23N5O2S. The fraction of sp³-hybridized carbons (Fsp3) is 0.250. The van der Waals surface area contributed by atoms with Gasteiger partial charge in [-0.2, -0.15) is 0 Å². The Labute approximate surface area is 168 Å². The molecule has 1 amide bonds. The standard InChI is InChI=1S/C20H23N5O2S/c1-13-4-6-16(7-5-13)22-19(26)12-28-20-24-23-18(25(20)21)11-27-17-9-14(2)8-15(3)10-17/h4-10H,11-12,21H2,1-3H3,(H,22,26). The predicted molar refractivity (Wildman–Crippen MR) is 111 cm³/mol. The van der Waals surface area contributed by atoms with E-state index in [-0.39, 0.29) is 18.3 Å². The molecule has 0 unspecified atom stereocenters. The fourth-order valence-electron chi connectivity index (χ4n) is 2.63. The summed E-state index contributed by atoms with van der Waals surface area (Å²) in [6.07, 6.45) is 0. The molecule has 0 saturated heterocycles. The zero-order valence-electron chi connectivity index (χ0n) is 16.1. The molecule has 0 aliphatic heterocycles. The van der Waals surface area contributed by atoms with E-state index in [2.05, 4.69) is 21.6 Å². The first-order chi connectivity index (χ1) is 13.4. The Kier molecular flexibility index (Phi) is 6.20. The van der Waals surface area contributed by atoms with E-state index in [1.54, 1.807) is 0 Å². The maximum absolute atomic E-state index is 12.1. The number of aromatic nitrogens is 3. The first-order valence-corrected chi connectivity index (χ1v) is 9.79. The number of aryl methyl sites for hydroxylation is 3. The number of nitrogens with zero attached hydrogens (tertiary/aromatic N) is 3. The van der Waals surface area contributed by atoms with Crippen LogP contribution < -0.4 is 15.9 Å². The van der Waals surface area contributed by atoms with Crippen LogP contribution >= 0.6 is 11.8 Å². The van der Waals surface area contributed by atoms with Crippen molar-refractivity contribution in [2.24, 2.45) is 0 Å². The Morgan fingerprint density at radius 1 is 1.07 bits per heavy atom. The minimum absolute atomic E-state index is 0.134. The smallest absolute Gasteiger partial charge is 0.234 e. The normalized spacial score (nSPS) is 10.7. The van der Waals surface area contributed by atoms with E-state index in [1.165, 1.54) is 16.4 Å². The van der Waals surface area contributed by atoms with Crippen molar-refractivity contribution in [3.05, 3.63) is 65.0 Å². The summed E-state index contributed by atoms with van der Waals surface area (Å²) in [6.45, 7) is 6.23. The van der Waals surface area contributed by atoms with Gasteiger partial charge in [0.05, 0.1) is 5.75 Å². The van der Waals surface area contributed by atoms with E-state index in [9.17, 15) is 4.79 Å². The van der Waals surface area contributed by atoms with Gasteiger partial charge in [-0.1, -0.05) is 35.5 Å². The number of nitrogens with two attached hydrogens (primary N) is 1. The number of hydrogen-bond acceptors (Lipinski definition) is 6. The highest BCUT2D eigenvalue weighted by molar-refractivity contribution is 7.99. The van der Waals surface area contributed by atoms with Crippen molar-refractivity contribution in [3.63, 3.8) is 0 Å². The Morgan fingerprint density at radius 2 is 1.75 bits per heavy atom. The number of hydrogen-bond donors (Lipinski definition) is 2. The number of nitrogens with one attached hydrogen (secondary N) is 1. The molecule has 7 nitrogen and oxygen atoms in total. The van der Waals surface area contributed by atoms with Crippen LogP contribution in [0.15, 0.2) is 47.6 Å². The number of carbonyl (C=O) groups is 1. The molecule has 3 aromatic rings. The molecule has 0 saturated carbocycles. The minimum atomic E-state index is -0.134. The van der Waals surface area contributed by atoms with Crippen molar-refractivity contribution in [2.45, 2.75) is 32.5 Å². The van der Waals surface area contributed by atoms with Crippen LogP contribution in [0, 0.1) is 20.8 Å². The van der Waals surface area contributed by atoms with Crippen LogP contribution in [0.3, 0.4) is 0 Å². The van der Waals surface area contributed by atoms with Gasteiger partial charge >= 0.3 is 0 Å². The second kappa shape index (κ2) is 8.79. The van der Waals surface area contributed by atoms with Crippen LogP contribution in [0.4, 0.5) is 5.69 Å². The summed E-state index contributed by atoms with van der Waals surface area (Å²) in [4.78, 5) is 12.1. The highest BCUT2D eigenvalue weighted by Gasteiger charge is 2.13. The zero-order chi connectivity index (χ0) is 20.1. The number of ether oxygens (including phenoxy) is 1. The number of anilines is 1. The molecule has 0 aliphatic rings. The van der Waals surface area contributed by atoms with Gasteiger partial charge in [0.1, 0.15) is 12.4 Å². The fourth-order valence-corrected chi connectivity index (χ4v) is 3.31. The van der Waals surface area contributed by atoms with E-state index < -0.39 is 0 Å². The second-order valence-corrected chi connectivity index (χ2v) is 7.53. The molecule has 1 heterocycles. The van der Waals surface area contributed by atoms with Crippen LogP contribution in [0.25, 0.3) is 0 Å². The molecule has 146 valence electrons. The Morgan fingerprint density at radius 3 is 2.43 bits per heavy atom. The number of benzene rings is 2. The lowest BCUT2D eigenvalue weighted by atomic mass is 10.1. The van der Waals surface area contributed by atoms with Gasteiger partial charge in [0.2, 0.25) is 11.1 Å². The molecule has 0 radical (unpaired) electrons. The zero-order valence-corrected chi connectivity index (χ0v) is 16.9. The Balaban J connectivity index is 1.53. The van der Waals surface area contributed by atoms with E-state index in [0.29, 0.717) is 11.0 Å². The molecule has 0 fully saturated rings. The lowest BCUT2D eigenvalue weighted by Crippen LogP contribution is -2.18. The van der Waals surface area contributed by atoms with Crippen molar-refractivity contribution in [2.75, 3.05) is 16.9 Å². The van der Waals surface area contributed by atoms with Crippen molar-refractivity contribution >= 4 is 23.4 Å². The maximum atomic E-state index is 12.1. The van der Waals surface area contributed by atoms with Crippen molar-refractivity contribution in [1.82, 2.24) is 14.9 Å². The van der Waals surface area contributed by atoms with Crippen molar-refractivity contribution in [1.29, 1.82) is 0 Å². The van der Waals surface area contributed by atoms with Crippen LogP contribution in [0.2, 0.25) is 0 Å². The maximum Gasteiger partial charge on any atom is 0.234 e. The van der Waals surface area contributed by atoms with Crippen LogP contribution in [-0.2, 0) is 11.4 Å². The lowest BCUT2D eigenvalue weighted by Gasteiger charge is -2.08. The quantitative estimate of drug-likeness (QED) is 0.469. The Bertz CT molecular complexity index is 949. The van der Waals surface area contributed by atoms with Gasteiger partial charge in [0.25, 0.3) is 0 Å². The monoisotopic (exact) mass is 397 g/mol. The number of rotatable bonds is 7. The van der Waals surface area contributed by atoms with E-state index >= 15 is 0 Å². The number of thioether (sulfide) groups is 1. The average molecular weight is 398 g/mol. The van der Waals surface area contributed by atoms with Crippen molar-refractivity contribution in [3.8, 4) is 5.75 Å². The van der Waals surface area contributed by atoms with E-state index in [4.69, 9.17) is 10.6 Å². The summed E-state index contributed by atoms with van der Waals surface area (Å²) in [6, 6.07) is 13.6. The third-order valence-corrected chi connectivity index (χ3v) is 4.91. The topological polar surface area (TPSA) is 95.1 Å². The first-order valence-electron chi connectivity index (χ1n) is 8.80. The summed E-state index contributed by atoms with van der Waals surface area (Å²) >= 11 is 1.22. The lowest BCUT2D eigenvalue weighted by molar-refractivity contribution is -0.113. The minimum Gasteiger partial charge on any atom is -0.486 e. The Hall–Kier alpha value is -3.00. The molecule has 0 atom stereocenters. The molecule has 2 aromatic carbocycles. The molecule has 28 heavy (non-hydrogen) atoms. The molecule has 0 spiro atoms. The van der Waals surface area contributed by atoms with Gasteiger partial charge in [0.15, 0.2) is 5.82 Å². The van der Waals surface area contributed by atoms with Gasteiger partial charge in [-0.3, -0.25) is 4.79 Å². The first kappa shape index (κ1) is 19.8. The molecule has 1 aromatic heterocycles. The largest absolute Gasteiger partial charge is 0.486 e. The molecule has 0 aliphatic carbocycles. The molecule has 3 N–H and O–H groups in total. The average Bonchev–Trinajstić information content (AvgIpc) is 2.99. The van der Waals surface area contributed by atoms with Gasteiger partial charge in [-0.05, 0) is 56.2 Å². The van der Waals surface area contributed by atoms with E-state index in [0.717, 1.165) is 28.1 Å². The van der Waals surface area contributed by atoms with Gasteiger partial charge in [0, 0.05) is 5.69 Å². The highest BCUT2D eigenvalue weighted by atomic mass is 32.2. The van der Waals surface area contributed by atoms with Gasteiger partial charge in [-0.25, -0.2) is 4.68 Å².